The molecule has 0 bridgehead atoms. The number of nitrogens with zero attached hydrogens (tertiary/aromatic N) is 2. The van der Waals surface area contributed by atoms with Crippen LogP contribution in [-0.4, -0.2) is 24.8 Å². The third-order valence-electron chi connectivity index (χ3n) is 2.55. The number of hydrogen-bond acceptors (Lipinski definition) is 4. The molecule has 17 heavy (non-hydrogen) atoms. The second-order valence-corrected chi connectivity index (χ2v) is 3.77. The predicted molar refractivity (Wildman–Crippen MR) is 65.1 cm³/mol. The van der Waals surface area contributed by atoms with E-state index in [0.717, 1.165) is 0 Å². The summed E-state index contributed by atoms with van der Waals surface area (Å²) in [5, 5.41) is 2.69. The summed E-state index contributed by atoms with van der Waals surface area (Å²) < 4.78 is 0. The second kappa shape index (κ2) is 5.34. The Balaban J connectivity index is 2.92. The first kappa shape index (κ1) is 13.0. The van der Waals surface area contributed by atoms with Gasteiger partial charge in [-0.05, 0) is 31.2 Å². The maximum atomic E-state index is 11.6. The van der Waals surface area contributed by atoms with Gasteiger partial charge in [0, 0.05) is 25.2 Å². The maximum absolute atomic E-state index is 11.6. The minimum atomic E-state index is -0.883. The number of amides is 1. The quantitative estimate of drug-likeness (QED) is 0.591. The van der Waals surface area contributed by atoms with Gasteiger partial charge in [0.1, 0.15) is 0 Å². The van der Waals surface area contributed by atoms with Crippen molar-refractivity contribution in [2.45, 2.75) is 19.9 Å². The number of carbonyl (C=O) groups is 2. The lowest BCUT2D eigenvalue weighted by Gasteiger charge is -2.15. The van der Waals surface area contributed by atoms with E-state index >= 15 is 0 Å². The van der Waals surface area contributed by atoms with E-state index in [4.69, 9.17) is 0 Å². The molecule has 1 unspecified atom stereocenters. The summed E-state index contributed by atoms with van der Waals surface area (Å²) in [6.45, 7) is 2.91. The van der Waals surface area contributed by atoms with E-state index in [1.54, 1.807) is 31.3 Å². The first-order valence-electron chi connectivity index (χ1n) is 5.18. The zero-order valence-electron chi connectivity index (χ0n) is 10.0. The lowest BCUT2D eigenvalue weighted by atomic mass is 10.1. The molecule has 0 saturated heterocycles. The van der Waals surface area contributed by atoms with Crippen LogP contribution in [0, 0.1) is 4.91 Å². The molecule has 0 aliphatic rings. The largest absolute Gasteiger partial charge is 0.316 e. The molecule has 0 aliphatic carbocycles. The number of ketones is 1. The fourth-order valence-electron chi connectivity index (χ4n) is 1.32. The minimum absolute atomic E-state index is 0.0907. The Morgan fingerprint density at radius 3 is 2.18 bits per heavy atom. The van der Waals surface area contributed by atoms with Crippen molar-refractivity contribution in [3.8, 4) is 0 Å². The van der Waals surface area contributed by atoms with E-state index in [1.807, 2.05) is 0 Å². The van der Waals surface area contributed by atoms with Crippen molar-refractivity contribution in [1.82, 2.24) is 0 Å². The molecule has 1 atom stereocenters. The predicted octanol–water partition coefficient (Wildman–Crippen LogP) is 2.01. The van der Waals surface area contributed by atoms with Gasteiger partial charge in [0.05, 0.1) is 0 Å². The zero-order chi connectivity index (χ0) is 13.0. The summed E-state index contributed by atoms with van der Waals surface area (Å²) in [4.78, 5) is 34.5. The molecule has 1 aromatic rings. The third-order valence-corrected chi connectivity index (χ3v) is 2.55. The molecule has 0 saturated carbocycles. The van der Waals surface area contributed by atoms with Gasteiger partial charge >= 0.3 is 0 Å². The van der Waals surface area contributed by atoms with Crippen LogP contribution in [-0.2, 0) is 4.79 Å². The highest BCUT2D eigenvalue weighted by molar-refractivity contribution is 6.00. The van der Waals surface area contributed by atoms with Gasteiger partial charge in [0.25, 0.3) is 0 Å². The van der Waals surface area contributed by atoms with Gasteiger partial charge < -0.3 is 4.90 Å². The van der Waals surface area contributed by atoms with Crippen molar-refractivity contribution < 1.29 is 9.59 Å². The average molecular weight is 234 g/mol. The Hall–Kier alpha value is -2.04. The molecule has 0 N–H and O–H groups in total. The van der Waals surface area contributed by atoms with E-state index in [0.29, 0.717) is 11.3 Å². The van der Waals surface area contributed by atoms with Crippen molar-refractivity contribution in [3.63, 3.8) is 0 Å². The summed E-state index contributed by atoms with van der Waals surface area (Å²) in [6, 6.07) is 5.60. The molecule has 0 spiro atoms. The lowest BCUT2D eigenvalue weighted by molar-refractivity contribution is -0.116. The zero-order valence-corrected chi connectivity index (χ0v) is 10.0. The van der Waals surface area contributed by atoms with Crippen LogP contribution in [0.25, 0.3) is 0 Å². The van der Waals surface area contributed by atoms with Crippen molar-refractivity contribution >= 4 is 17.4 Å². The molecule has 5 heteroatoms. The van der Waals surface area contributed by atoms with Crippen LogP contribution in [0.4, 0.5) is 5.69 Å². The molecule has 5 nitrogen and oxygen atoms in total. The minimum Gasteiger partial charge on any atom is -0.316 e. The molecule has 0 aliphatic heterocycles. The summed E-state index contributed by atoms with van der Waals surface area (Å²) >= 11 is 0. The molecule has 0 aromatic heterocycles. The first-order chi connectivity index (χ1) is 7.97. The van der Waals surface area contributed by atoms with Gasteiger partial charge in [-0.3, -0.25) is 9.59 Å². The van der Waals surface area contributed by atoms with Gasteiger partial charge in [-0.2, -0.15) is 4.91 Å². The molecule has 1 amide bonds. The molecule has 0 radical (unpaired) electrons. The smallest absolute Gasteiger partial charge is 0.223 e. The molecule has 0 fully saturated rings. The standard InChI is InChI=1S/C12H14N2O3/c1-8(13-17)12(16)10-4-6-11(7-5-10)14(3)9(2)15/h4-8H,1-3H3. The van der Waals surface area contributed by atoms with Crippen molar-refractivity contribution in [2.24, 2.45) is 5.18 Å². The van der Waals surface area contributed by atoms with Gasteiger partial charge in [-0.25, -0.2) is 0 Å². The Morgan fingerprint density at radius 1 is 1.24 bits per heavy atom. The molecule has 1 aromatic carbocycles. The van der Waals surface area contributed by atoms with Crippen LogP contribution in [0.5, 0.6) is 0 Å². The highest BCUT2D eigenvalue weighted by Crippen LogP contribution is 2.15. The monoisotopic (exact) mass is 234 g/mol. The second-order valence-electron chi connectivity index (χ2n) is 3.77. The molecule has 0 heterocycles. The Labute approximate surface area is 99.4 Å². The van der Waals surface area contributed by atoms with Crippen LogP contribution < -0.4 is 4.90 Å². The highest BCUT2D eigenvalue weighted by Gasteiger charge is 2.15. The van der Waals surface area contributed by atoms with Crippen LogP contribution >= 0.6 is 0 Å². The number of nitroso groups, excluding NO2 is 1. The van der Waals surface area contributed by atoms with E-state index in [1.165, 1.54) is 18.7 Å². The topological polar surface area (TPSA) is 66.8 Å². The van der Waals surface area contributed by atoms with Gasteiger partial charge in [-0.1, -0.05) is 5.18 Å². The average Bonchev–Trinajstić information content (AvgIpc) is 2.36. The van der Waals surface area contributed by atoms with E-state index < -0.39 is 6.04 Å². The van der Waals surface area contributed by atoms with Crippen LogP contribution in [0.15, 0.2) is 29.4 Å². The molecule has 1 rings (SSSR count). The van der Waals surface area contributed by atoms with Crippen LogP contribution in [0.1, 0.15) is 24.2 Å². The summed E-state index contributed by atoms with van der Waals surface area (Å²) in [5.41, 5.74) is 1.11. The Bertz CT molecular complexity index is 440. The van der Waals surface area contributed by atoms with E-state index in [9.17, 15) is 14.5 Å². The number of anilines is 1. The fraction of sp³-hybridized carbons (Fsp3) is 0.333. The van der Waals surface area contributed by atoms with Crippen LogP contribution in [0.2, 0.25) is 0 Å². The normalized spacial score (nSPS) is 11.7. The van der Waals surface area contributed by atoms with Crippen molar-refractivity contribution in [3.05, 3.63) is 34.7 Å². The maximum Gasteiger partial charge on any atom is 0.223 e. The summed E-state index contributed by atoms with van der Waals surface area (Å²) in [6.07, 6.45) is 0. The molecule has 90 valence electrons. The van der Waals surface area contributed by atoms with Gasteiger partial charge in [-0.15, -0.1) is 0 Å². The highest BCUT2D eigenvalue weighted by atomic mass is 16.3. The Morgan fingerprint density at radius 2 is 1.76 bits per heavy atom. The van der Waals surface area contributed by atoms with Crippen molar-refractivity contribution in [2.75, 3.05) is 11.9 Å². The number of carbonyl (C=O) groups excluding carboxylic acids is 2. The number of benzene rings is 1. The fourth-order valence-corrected chi connectivity index (χ4v) is 1.32. The van der Waals surface area contributed by atoms with Crippen molar-refractivity contribution in [1.29, 1.82) is 0 Å². The number of rotatable bonds is 4. The first-order valence-corrected chi connectivity index (χ1v) is 5.18. The summed E-state index contributed by atoms with van der Waals surface area (Å²) in [7, 11) is 1.65. The lowest BCUT2D eigenvalue weighted by Crippen LogP contribution is -2.22. The van der Waals surface area contributed by atoms with E-state index in [-0.39, 0.29) is 11.7 Å². The van der Waals surface area contributed by atoms with Gasteiger partial charge in [0.15, 0.2) is 11.8 Å². The summed E-state index contributed by atoms with van der Waals surface area (Å²) in [5.74, 6) is -0.413. The SMILES string of the molecule is CC(=O)N(C)c1ccc(C(=O)C(C)N=O)cc1. The number of hydrogen-bond donors (Lipinski definition) is 0. The third kappa shape index (κ3) is 2.96. The van der Waals surface area contributed by atoms with Gasteiger partial charge in [0.2, 0.25) is 5.91 Å². The molecular formula is C12H14N2O3. The molecular weight excluding hydrogens is 220 g/mol. The van der Waals surface area contributed by atoms with Crippen LogP contribution in [0.3, 0.4) is 0 Å². The van der Waals surface area contributed by atoms with E-state index in [2.05, 4.69) is 5.18 Å². The number of Topliss-reactive ketones (excluding diaryl/α,β-unsaturated/α-hetero) is 1. The Kier molecular flexibility index (Phi) is 4.09.